The monoisotopic (exact) mass is 891 g/mol. The Labute approximate surface area is 373 Å². The van der Waals surface area contributed by atoms with Gasteiger partial charge in [-0.3, -0.25) is 19.2 Å². The number of ether oxygens (including phenoxy) is 1. The molecule has 1 aromatic carbocycles. The summed E-state index contributed by atoms with van der Waals surface area (Å²) in [6, 6.07) is 8.06. The van der Waals surface area contributed by atoms with Gasteiger partial charge in [-0.2, -0.15) is 0 Å². The van der Waals surface area contributed by atoms with Crippen molar-refractivity contribution in [3.05, 3.63) is 64.8 Å². The third-order valence-corrected chi connectivity index (χ3v) is 16.7. The summed E-state index contributed by atoms with van der Waals surface area (Å²) in [7, 11) is 0. The zero-order valence-corrected chi connectivity index (χ0v) is 37.3. The summed E-state index contributed by atoms with van der Waals surface area (Å²) in [6.07, 6.45) is 7.26. The van der Waals surface area contributed by atoms with Crippen LogP contribution in [0.3, 0.4) is 0 Å². The highest BCUT2D eigenvalue weighted by Gasteiger charge is 2.65. The third kappa shape index (κ3) is 9.24. The first-order valence-corrected chi connectivity index (χ1v) is 23.4. The van der Waals surface area contributed by atoms with Gasteiger partial charge in [-0.25, -0.2) is 9.37 Å². The van der Waals surface area contributed by atoms with E-state index >= 15 is 0 Å². The van der Waals surface area contributed by atoms with E-state index in [2.05, 4.69) is 41.4 Å². The van der Waals surface area contributed by atoms with Crippen LogP contribution in [-0.2, 0) is 25.5 Å². The largest absolute Gasteiger partial charge is 0.461 e. The number of nitrogens with zero attached hydrogens (tertiary/aromatic N) is 2. The summed E-state index contributed by atoms with van der Waals surface area (Å²) >= 11 is 6.02. The molecule has 1 saturated heterocycles. The van der Waals surface area contributed by atoms with Crippen molar-refractivity contribution in [2.75, 3.05) is 19.6 Å². The molecule has 3 unspecified atom stereocenters. The van der Waals surface area contributed by atoms with Gasteiger partial charge in [-0.05, 0) is 128 Å². The van der Waals surface area contributed by atoms with Gasteiger partial charge in [0.25, 0.3) is 5.91 Å². The number of piperidine rings is 1. The summed E-state index contributed by atoms with van der Waals surface area (Å²) < 4.78 is 19.4. The van der Waals surface area contributed by atoms with Crippen LogP contribution in [0, 0.1) is 52.2 Å². The lowest BCUT2D eigenvalue weighted by Gasteiger charge is -2.63. The molecular formula is C48H63ClFN5O8. The number of amides is 3. The number of aliphatic hydroxyl groups is 3. The molecule has 4 saturated carbocycles. The first kappa shape index (κ1) is 45.5. The van der Waals surface area contributed by atoms with Crippen LogP contribution in [0.2, 0.25) is 5.15 Å². The van der Waals surface area contributed by atoms with Crippen LogP contribution in [-0.4, -0.2) is 104 Å². The number of likely N-dealkylation sites (tertiary alicyclic amines) is 1. The smallest absolute Gasteiger partial charge is 0.325 e. The Balaban J connectivity index is 0.794. The number of hydrogen-bond donors (Lipinski definition) is 6. The van der Waals surface area contributed by atoms with Gasteiger partial charge in [0.2, 0.25) is 11.8 Å². The lowest BCUT2D eigenvalue weighted by molar-refractivity contribution is -0.207. The zero-order chi connectivity index (χ0) is 44.8. The first-order chi connectivity index (χ1) is 30.0. The number of carbonyl (C=O) groups is 4. The number of rotatable bonds is 12. The minimum absolute atomic E-state index is 0.0110. The Hall–Kier alpha value is -4.11. The standard InChI is InChI=1S/C48H63ClFN5O8/c1-26(33-9-10-34-44-35(23-40(58)48(33,34)3)47(2)15-12-31(56)21-29(47)22-39(44)57)4-11-42(59)52-25-43(60)63-32-13-16-55(17-14-32)46(62)37(18-27-5-7-30(50)8-6-27)54-45(61)36-19-28-20-41(49)51-24-38(28)53-36/h5-8,19-20,24,26,29,31-35,37,39-40,44,53,56-58H,4,9-18,21-23,25H2,1-3H3,(H,52,59)(H,54,61)/t26-,29+,31-,33-,34?,35?,37+,39-,40+,44?,47+,48-/m1/s1. The maximum Gasteiger partial charge on any atom is 0.325 e. The number of halogens is 2. The quantitative estimate of drug-likeness (QED) is 0.0974. The second-order valence-corrected chi connectivity index (χ2v) is 20.4. The van der Waals surface area contributed by atoms with Crippen LogP contribution in [0.1, 0.15) is 107 Å². The number of carbonyl (C=O) groups excluding carboxylic acids is 4. The maximum atomic E-state index is 13.9. The third-order valence-electron chi connectivity index (χ3n) is 16.5. The number of fused-ring (bicyclic) bond motifs is 6. The molecule has 6 N–H and O–H groups in total. The molecule has 0 bridgehead atoms. The lowest BCUT2D eigenvalue weighted by Crippen LogP contribution is -2.62. The highest BCUT2D eigenvalue weighted by atomic mass is 35.5. The summed E-state index contributed by atoms with van der Waals surface area (Å²) in [5.41, 5.74) is 1.16. The number of aliphatic hydroxyl groups excluding tert-OH is 3. The lowest BCUT2D eigenvalue weighted by atomic mass is 9.43. The number of nitrogens with one attached hydrogen (secondary N) is 3. The summed E-state index contributed by atoms with van der Waals surface area (Å²) in [5.74, 6) is -0.855. The fourth-order valence-electron chi connectivity index (χ4n) is 13.0. The van der Waals surface area contributed by atoms with Crippen LogP contribution in [0.5, 0.6) is 0 Å². The van der Waals surface area contributed by atoms with Crippen LogP contribution in [0.25, 0.3) is 10.9 Å². The van der Waals surface area contributed by atoms with Crippen molar-refractivity contribution < 1.29 is 43.6 Å². The summed E-state index contributed by atoms with van der Waals surface area (Å²) in [6.45, 7) is 7.00. The molecule has 4 aliphatic carbocycles. The molecule has 5 fully saturated rings. The Morgan fingerprint density at radius 3 is 2.49 bits per heavy atom. The minimum atomic E-state index is -0.958. The molecule has 342 valence electrons. The van der Waals surface area contributed by atoms with E-state index in [1.807, 2.05) is 0 Å². The molecule has 3 aromatic rings. The van der Waals surface area contributed by atoms with Gasteiger partial charge in [-0.15, -0.1) is 0 Å². The van der Waals surface area contributed by atoms with Crippen molar-refractivity contribution >= 4 is 46.2 Å². The van der Waals surface area contributed by atoms with Crippen LogP contribution in [0.4, 0.5) is 4.39 Å². The van der Waals surface area contributed by atoms with E-state index in [9.17, 15) is 38.9 Å². The van der Waals surface area contributed by atoms with E-state index in [0.717, 1.165) is 32.1 Å². The Morgan fingerprint density at radius 2 is 1.75 bits per heavy atom. The molecule has 63 heavy (non-hydrogen) atoms. The Bertz CT molecular complexity index is 2160. The molecule has 0 spiro atoms. The van der Waals surface area contributed by atoms with Crippen molar-refractivity contribution in [1.82, 2.24) is 25.5 Å². The highest BCUT2D eigenvalue weighted by Crippen LogP contribution is 2.68. The zero-order valence-electron chi connectivity index (χ0n) is 36.5. The predicted molar refractivity (Wildman–Crippen MR) is 234 cm³/mol. The molecule has 15 heteroatoms. The first-order valence-electron chi connectivity index (χ1n) is 23.0. The van der Waals surface area contributed by atoms with Crippen LogP contribution >= 0.6 is 11.6 Å². The Kier molecular flexibility index (Phi) is 13.3. The summed E-state index contributed by atoms with van der Waals surface area (Å²) in [5, 5.41) is 40.5. The van der Waals surface area contributed by atoms with Crippen molar-refractivity contribution in [2.24, 2.45) is 46.3 Å². The van der Waals surface area contributed by atoms with E-state index in [0.29, 0.717) is 48.6 Å². The number of H-pyrrole nitrogens is 1. The molecule has 3 amide bonds. The van der Waals surface area contributed by atoms with E-state index < -0.39 is 42.0 Å². The normalized spacial score (nSPS) is 32.8. The van der Waals surface area contributed by atoms with Crippen LogP contribution < -0.4 is 10.6 Å². The topological polar surface area (TPSA) is 194 Å². The molecule has 13 nitrogen and oxygen atoms in total. The van der Waals surface area contributed by atoms with E-state index in [1.165, 1.54) is 18.3 Å². The van der Waals surface area contributed by atoms with Gasteiger partial charge in [0.1, 0.15) is 35.4 Å². The van der Waals surface area contributed by atoms with Gasteiger partial charge >= 0.3 is 5.97 Å². The minimum Gasteiger partial charge on any atom is -0.461 e. The number of esters is 1. The maximum absolute atomic E-state index is 13.9. The van der Waals surface area contributed by atoms with Crippen molar-refractivity contribution in [1.29, 1.82) is 0 Å². The second-order valence-electron chi connectivity index (χ2n) is 20.0. The van der Waals surface area contributed by atoms with Crippen LogP contribution in [0.15, 0.2) is 42.6 Å². The molecule has 12 atom stereocenters. The van der Waals surface area contributed by atoms with Gasteiger partial charge in [0.15, 0.2) is 0 Å². The highest BCUT2D eigenvalue weighted by molar-refractivity contribution is 6.30. The van der Waals surface area contributed by atoms with Crippen molar-refractivity contribution in [3.8, 4) is 0 Å². The number of aromatic nitrogens is 2. The second kappa shape index (κ2) is 18.4. The molecular weight excluding hydrogens is 829 g/mol. The van der Waals surface area contributed by atoms with E-state index in [4.69, 9.17) is 16.3 Å². The fraction of sp³-hybridized carbons (Fsp3) is 0.646. The molecule has 1 aliphatic heterocycles. The predicted octanol–water partition coefficient (Wildman–Crippen LogP) is 5.72. The number of benzene rings is 1. The number of aromatic amines is 1. The Morgan fingerprint density at radius 1 is 1.00 bits per heavy atom. The average Bonchev–Trinajstić information content (AvgIpc) is 3.85. The van der Waals surface area contributed by atoms with Gasteiger partial charge in [0, 0.05) is 44.2 Å². The SMILES string of the molecule is C[C@H](CCC(=O)NCC(=O)OC1CCN(C(=O)[C@H](Cc2ccc(F)cc2)NC(=O)c2cc3cc(Cl)ncc3[nH]2)CC1)[C@H]1CCC2C3C(C[C@H](O)[C@@]21C)[C@@]1(C)CC[C@@H](O)C[C@H]1C[C@H]3O. The molecule has 3 heterocycles. The number of hydrogen-bond acceptors (Lipinski definition) is 9. The molecule has 5 aliphatic rings. The molecule has 8 rings (SSSR count). The van der Waals surface area contributed by atoms with E-state index in [1.54, 1.807) is 29.2 Å². The summed E-state index contributed by atoms with van der Waals surface area (Å²) in [4.78, 5) is 61.9. The van der Waals surface area contributed by atoms with Gasteiger partial charge in [0.05, 0.1) is 30.0 Å². The molecule has 0 radical (unpaired) electrons. The average molecular weight is 893 g/mol. The molecule has 2 aromatic heterocycles. The van der Waals surface area contributed by atoms with Gasteiger partial charge < -0.3 is 40.6 Å². The fourth-order valence-corrected chi connectivity index (χ4v) is 13.2. The van der Waals surface area contributed by atoms with E-state index in [-0.39, 0.29) is 108 Å². The van der Waals surface area contributed by atoms with Crippen molar-refractivity contribution in [3.63, 3.8) is 0 Å². The number of pyridine rings is 1. The van der Waals surface area contributed by atoms with Gasteiger partial charge in [-0.1, -0.05) is 44.5 Å². The van der Waals surface area contributed by atoms with Crippen molar-refractivity contribution in [2.45, 2.75) is 128 Å².